The standard InChI is InChI=1S/C18H13N5O/c19-23-20-12-15(11-14-6-2-4-8-18(14)22-24)17-10-9-13-5-1-3-7-16(13)21-17/h1-11H,12H2/b15-11+. The van der Waals surface area contributed by atoms with E-state index in [0.717, 1.165) is 16.5 Å². The number of benzene rings is 2. The van der Waals surface area contributed by atoms with Gasteiger partial charge in [-0.15, -0.1) is 4.91 Å². The van der Waals surface area contributed by atoms with Crippen molar-refractivity contribution in [2.45, 2.75) is 0 Å². The zero-order chi connectivity index (χ0) is 16.8. The van der Waals surface area contributed by atoms with E-state index in [4.69, 9.17) is 5.53 Å². The van der Waals surface area contributed by atoms with Crippen LogP contribution in [0.5, 0.6) is 0 Å². The van der Waals surface area contributed by atoms with Gasteiger partial charge >= 0.3 is 0 Å². The molecule has 0 unspecified atom stereocenters. The first kappa shape index (κ1) is 15.4. The Balaban J connectivity index is 2.12. The zero-order valence-electron chi connectivity index (χ0n) is 12.7. The van der Waals surface area contributed by atoms with E-state index in [2.05, 4.69) is 20.2 Å². The second kappa shape index (κ2) is 7.17. The molecule has 0 bridgehead atoms. The van der Waals surface area contributed by atoms with Crippen LogP contribution in [-0.4, -0.2) is 11.5 Å². The highest BCUT2D eigenvalue weighted by atomic mass is 16.3. The van der Waals surface area contributed by atoms with Gasteiger partial charge in [-0.1, -0.05) is 47.6 Å². The van der Waals surface area contributed by atoms with Crippen LogP contribution < -0.4 is 0 Å². The van der Waals surface area contributed by atoms with Gasteiger partial charge in [0.15, 0.2) is 0 Å². The molecule has 116 valence electrons. The molecule has 0 spiro atoms. The third kappa shape index (κ3) is 3.29. The third-order valence-corrected chi connectivity index (χ3v) is 3.60. The summed E-state index contributed by atoms with van der Waals surface area (Å²) in [4.78, 5) is 18.4. The fourth-order valence-electron chi connectivity index (χ4n) is 2.43. The predicted molar refractivity (Wildman–Crippen MR) is 95.5 cm³/mol. The number of aromatic nitrogens is 1. The summed E-state index contributed by atoms with van der Waals surface area (Å²) in [5, 5.41) is 7.70. The van der Waals surface area contributed by atoms with Gasteiger partial charge in [-0.2, -0.15) is 0 Å². The Morgan fingerprint density at radius 1 is 1.08 bits per heavy atom. The van der Waals surface area contributed by atoms with Gasteiger partial charge in [-0.05, 0) is 40.6 Å². The van der Waals surface area contributed by atoms with E-state index in [1.807, 2.05) is 42.5 Å². The van der Waals surface area contributed by atoms with Crippen molar-refractivity contribution in [3.05, 3.63) is 87.3 Å². The average molecular weight is 315 g/mol. The molecule has 0 amide bonds. The summed E-state index contributed by atoms with van der Waals surface area (Å²) in [5.74, 6) is 0. The highest BCUT2D eigenvalue weighted by molar-refractivity contribution is 5.87. The Labute approximate surface area is 138 Å². The minimum Gasteiger partial charge on any atom is -0.248 e. The van der Waals surface area contributed by atoms with Crippen molar-refractivity contribution < 1.29 is 0 Å². The lowest BCUT2D eigenvalue weighted by molar-refractivity contribution is 1.20. The molecule has 0 fully saturated rings. The lowest BCUT2D eigenvalue weighted by Gasteiger charge is -2.07. The van der Waals surface area contributed by atoms with Crippen molar-refractivity contribution in [1.29, 1.82) is 0 Å². The monoisotopic (exact) mass is 315 g/mol. The van der Waals surface area contributed by atoms with Crippen LogP contribution >= 0.6 is 0 Å². The fourth-order valence-corrected chi connectivity index (χ4v) is 2.43. The number of nitrogens with zero attached hydrogens (tertiary/aromatic N) is 5. The van der Waals surface area contributed by atoms with Crippen molar-refractivity contribution in [1.82, 2.24) is 4.98 Å². The molecule has 0 saturated carbocycles. The minimum absolute atomic E-state index is 0.134. The molecule has 2 aromatic carbocycles. The number of hydrogen-bond acceptors (Lipinski definition) is 4. The Kier molecular flexibility index (Phi) is 4.60. The molecule has 0 N–H and O–H groups in total. The third-order valence-electron chi connectivity index (χ3n) is 3.60. The molecule has 3 rings (SSSR count). The Hall–Kier alpha value is -3.50. The topological polar surface area (TPSA) is 91.1 Å². The number of hydrogen-bond donors (Lipinski definition) is 0. The maximum atomic E-state index is 11.0. The van der Waals surface area contributed by atoms with Crippen LogP contribution in [0.3, 0.4) is 0 Å². The number of nitroso groups, excluding NO2 is 1. The summed E-state index contributed by atoms with van der Waals surface area (Å²) in [6.45, 7) is 0.134. The van der Waals surface area contributed by atoms with Crippen molar-refractivity contribution in [3.63, 3.8) is 0 Å². The number of para-hydroxylation sites is 1. The summed E-state index contributed by atoms with van der Waals surface area (Å²) in [7, 11) is 0. The van der Waals surface area contributed by atoms with Crippen LogP contribution in [-0.2, 0) is 0 Å². The van der Waals surface area contributed by atoms with Gasteiger partial charge in [-0.3, -0.25) is 0 Å². The number of rotatable bonds is 5. The van der Waals surface area contributed by atoms with E-state index in [-0.39, 0.29) is 6.54 Å². The molecule has 6 nitrogen and oxygen atoms in total. The van der Waals surface area contributed by atoms with Crippen molar-refractivity contribution in [2.75, 3.05) is 6.54 Å². The van der Waals surface area contributed by atoms with Crippen molar-refractivity contribution >= 4 is 28.2 Å². The second-order valence-corrected chi connectivity index (χ2v) is 5.10. The van der Waals surface area contributed by atoms with Gasteiger partial charge < -0.3 is 0 Å². The molecular weight excluding hydrogens is 302 g/mol. The molecule has 0 aliphatic heterocycles. The van der Waals surface area contributed by atoms with E-state index in [9.17, 15) is 4.91 Å². The molecule has 24 heavy (non-hydrogen) atoms. The van der Waals surface area contributed by atoms with E-state index in [1.165, 1.54) is 0 Å². The number of fused-ring (bicyclic) bond motifs is 1. The largest absolute Gasteiger partial charge is 0.248 e. The van der Waals surface area contributed by atoms with E-state index >= 15 is 0 Å². The molecule has 0 radical (unpaired) electrons. The molecule has 0 saturated heterocycles. The smallest absolute Gasteiger partial charge is 0.115 e. The summed E-state index contributed by atoms with van der Waals surface area (Å²) in [6.07, 6.45) is 1.78. The van der Waals surface area contributed by atoms with Crippen LogP contribution in [0.4, 0.5) is 5.69 Å². The van der Waals surface area contributed by atoms with Crippen LogP contribution in [0.25, 0.3) is 33.0 Å². The van der Waals surface area contributed by atoms with Crippen LogP contribution in [0, 0.1) is 4.91 Å². The first-order valence-electron chi connectivity index (χ1n) is 7.32. The first-order valence-corrected chi connectivity index (χ1v) is 7.32. The number of azide groups is 1. The molecule has 3 aromatic rings. The van der Waals surface area contributed by atoms with E-state index in [0.29, 0.717) is 16.9 Å². The van der Waals surface area contributed by atoms with E-state index < -0.39 is 0 Å². The molecule has 0 aliphatic carbocycles. The maximum Gasteiger partial charge on any atom is 0.115 e. The van der Waals surface area contributed by atoms with E-state index in [1.54, 1.807) is 24.3 Å². The highest BCUT2D eigenvalue weighted by Gasteiger charge is 2.07. The van der Waals surface area contributed by atoms with Gasteiger partial charge in [0.05, 0.1) is 17.8 Å². The SMILES string of the molecule is [N-]=[N+]=NC/C(=C\c1ccccc1N=O)c1ccc2ccccc2n1. The van der Waals surface area contributed by atoms with Gasteiger partial charge in [0, 0.05) is 15.9 Å². The second-order valence-electron chi connectivity index (χ2n) is 5.10. The van der Waals surface area contributed by atoms with Crippen LogP contribution in [0.2, 0.25) is 0 Å². The maximum absolute atomic E-state index is 11.0. The summed E-state index contributed by atoms with van der Waals surface area (Å²) in [5.41, 5.74) is 11.9. The van der Waals surface area contributed by atoms with Gasteiger partial charge in [0.25, 0.3) is 0 Å². The van der Waals surface area contributed by atoms with Crippen molar-refractivity contribution in [3.8, 4) is 0 Å². The quantitative estimate of drug-likeness (QED) is 0.270. The van der Waals surface area contributed by atoms with Crippen molar-refractivity contribution in [2.24, 2.45) is 10.3 Å². The lowest BCUT2D eigenvalue weighted by Crippen LogP contribution is -1.93. The van der Waals surface area contributed by atoms with Crippen LogP contribution in [0.15, 0.2) is 71.0 Å². The van der Waals surface area contributed by atoms with Gasteiger partial charge in [0.2, 0.25) is 0 Å². The van der Waals surface area contributed by atoms with Gasteiger partial charge in [-0.25, -0.2) is 4.98 Å². The lowest BCUT2D eigenvalue weighted by atomic mass is 10.1. The molecule has 1 heterocycles. The average Bonchev–Trinajstić information content (AvgIpc) is 2.65. The summed E-state index contributed by atoms with van der Waals surface area (Å²) < 4.78 is 0. The fraction of sp³-hybridized carbons (Fsp3) is 0.0556. The molecule has 1 aromatic heterocycles. The first-order chi connectivity index (χ1) is 11.8. The summed E-state index contributed by atoms with van der Waals surface area (Å²) >= 11 is 0. The Morgan fingerprint density at radius 3 is 2.71 bits per heavy atom. The zero-order valence-corrected chi connectivity index (χ0v) is 12.7. The number of pyridine rings is 1. The minimum atomic E-state index is 0.134. The Morgan fingerprint density at radius 2 is 1.88 bits per heavy atom. The van der Waals surface area contributed by atoms with Gasteiger partial charge in [0.1, 0.15) is 5.69 Å². The summed E-state index contributed by atoms with van der Waals surface area (Å²) in [6, 6.07) is 18.6. The highest BCUT2D eigenvalue weighted by Crippen LogP contribution is 2.25. The normalized spacial score (nSPS) is 11.1. The predicted octanol–water partition coefficient (Wildman–Crippen LogP) is 5.48. The molecule has 0 atom stereocenters. The Bertz CT molecular complexity index is 974. The molecule has 6 heteroatoms. The molecule has 0 aliphatic rings. The van der Waals surface area contributed by atoms with Crippen LogP contribution in [0.1, 0.15) is 11.3 Å². The molecular formula is C18H13N5O.